The summed E-state index contributed by atoms with van der Waals surface area (Å²) >= 11 is 0. The number of rotatable bonds is 6. The lowest BCUT2D eigenvalue weighted by Gasteiger charge is -2.26. The molecular weight excluding hydrogens is 542 g/mol. The Hall–Kier alpha value is -5.92. The highest BCUT2D eigenvalue weighted by atomic mass is 15.1. The normalized spacial score (nSPS) is 11.1. The van der Waals surface area contributed by atoms with E-state index in [0.717, 1.165) is 17.1 Å². The minimum absolute atomic E-state index is 1.12. The first kappa shape index (κ1) is 26.7. The molecule has 212 valence electrons. The van der Waals surface area contributed by atoms with Crippen LogP contribution in [0, 0.1) is 0 Å². The van der Waals surface area contributed by atoms with Gasteiger partial charge in [-0.05, 0) is 97.4 Å². The van der Waals surface area contributed by atoms with Gasteiger partial charge >= 0.3 is 0 Å². The lowest BCUT2D eigenvalue weighted by Crippen LogP contribution is -2.09. The van der Waals surface area contributed by atoms with Gasteiger partial charge < -0.3 is 4.90 Å². The Morgan fingerprint density at radius 1 is 0.289 bits per heavy atom. The minimum atomic E-state index is 1.12. The Labute approximate surface area is 264 Å². The van der Waals surface area contributed by atoms with Crippen molar-refractivity contribution < 1.29 is 0 Å². The number of benzene rings is 8. The van der Waals surface area contributed by atoms with Gasteiger partial charge in [0.25, 0.3) is 0 Å². The van der Waals surface area contributed by atoms with Crippen LogP contribution in [0.5, 0.6) is 0 Å². The van der Waals surface area contributed by atoms with E-state index in [1.54, 1.807) is 0 Å². The second kappa shape index (κ2) is 11.6. The van der Waals surface area contributed by atoms with Crippen LogP contribution in [-0.4, -0.2) is 0 Å². The molecule has 0 aliphatic carbocycles. The molecule has 1 heteroatoms. The Bertz CT molecular complexity index is 2240. The van der Waals surface area contributed by atoms with Crippen LogP contribution >= 0.6 is 0 Å². The molecule has 8 aromatic carbocycles. The molecule has 0 amide bonds. The second-order valence-electron chi connectivity index (χ2n) is 11.4. The van der Waals surface area contributed by atoms with Crippen LogP contribution in [0.25, 0.3) is 54.9 Å². The first-order chi connectivity index (χ1) is 22.3. The van der Waals surface area contributed by atoms with Crippen molar-refractivity contribution in [3.05, 3.63) is 188 Å². The predicted molar refractivity (Wildman–Crippen MR) is 192 cm³/mol. The highest BCUT2D eigenvalue weighted by Gasteiger charge is 2.17. The molecule has 8 rings (SSSR count). The zero-order valence-electron chi connectivity index (χ0n) is 24.8. The molecule has 0 unspecified atom stereocenters. The fourth-order valence-corrected chi connectivity index (χ4v) is 6.52. The average Bonchev–Trinajstić information content (AvgIpc) is 3.13. The standard InChI is InChI=1S/C44H31N/c1-4-14-32(15-5-1)33-26-28-38(29-27-33)45(37-20-8-3-9-21-37)39-22-12-19-35(30-39)43-31-36-18-10-11-23-40(36)42-25-13-24-41(44(42)43)34-16-6-2-7-17-34/h1-31H. The molecule has 0 aliphatic rings. The van der Waals surface area contributed by atoms with Crippen molar-refractivity contribution in [3.8, 4) is 33.4 Å². The number of fused-ring (bicyclic) bond motifs is 3. The molecular formula is C44H31N. The smallest absolute Gasteiger partial charge is 0.0467 e. The molecule has 0 N–H and O–H groups in total. The fourth-order valence-electron chi connectivity index (χ4n) is 6.52. The van der Waals surface area contributed by atoms with Crippen LogP contribution < -0.4 is 4.90 Å². The largest absolute Gasteiger partial charge is 0.310 e. The Balaban J connectivity index is 1.32. The van der Waals surface area contributed by atoms with E-state index < -0.39 is 0 Å². The van der Waals surface area contributed by atoms with Crippen LogP contribution in [0.3, 0.4) is 0 Å². The number of anilines is 3. The lowest BCUT2D eigenvalue weighted by molar-refractivity contribution is 1.28. The summed E-state index contributed by atoms with van der Waals surface area (Å²) in [6.45, 7) is 0. The first-order valence-electron chi connectivity index (χ1n) is 15.4. The molecule has 0 saturated heterocycles. The number of nitrogens with zero attached hydrogens (tertiary/aromatic N) is 1. The van der Waals surface area contributed by atoms with Crippen LogP contribution in [0.1, 0.15) is 0 Å². The van der Waals surface area contributed by atoms with Gasteiger partial charge in [0.05, 0.1) is 0 Å². The van der Waals surface area contributed by atoms with E-state index in [1.165, 1.54) is 54.9 Å². The van der Waals surface area contributed by atoms with E-state index in [1.807, 2.05) is 0 Å². The van der Waals surface area contributed by atoms with Gasteiger partial charge in [-0.1, -0.05) is 146 Å². The van der Waals surface area contributed by atoms with Crippen molar-refractivity contribution in [3.63, 3.8) is 0 Å². The van der Waals surface area contributed by atoms with Crippen LogP contribution in [0.2, 0.25) is 0 Å². The predicted octanol–water partition coefficient (Wildman–Crippen LogP) is 12.5. The highest BCUT2D eigenvalue weighted by Crippen LogP contribution is 2.43. The topological polar surface area (TPSA) is 3.24 Å². The Kier molecular flexibility index (Phi) is 6.90. The van der Waals surface area contributed by atoms with Gasteiger partial charge in [-0.3, -0.25) is 0 Å². The summed E-state index contributed by atoms with van der Waals surface area (Å²) in [7, 11) is 0. The highest BCUT2D eigenvalue weighted by molar-refractivity contribution is 6.18. The molecule has 0 fully saturated rings. The van der Waals surface area contributed by atoms with Gasteiger partial charge in [0, 0.05) is 17.1 Å². The third kappa shape index (κ3) is 5.05. The number of hydrogen-bond donors (Lipinski definition) is 0. The molecule has 0 saturated carbocycles. The summed E-state index contributed by atoms with van der Waals surface area (Å²) < 4.78 is 0. The van der Waals surface area contributed by atoms with Gasteiger partial charge in [0.2, 0.25) is 0 Å². The first-order valence-corrected chi connectivity index (χ1v) is 15.4. The van der Waals surface area contributed by atoms with Gasteiger partial charge in [-0.25, -0.2) is 0 Å². The summed E-state index contributed by atoms with van der Waals surface area (Å²) in [6, 6.07) is 67.6. The number of hydrogen-bond acceptors (Lipinski definition) is 1. The van der Waals surface area contributed by atoms with Gasteiger partial charge in [0.15, 0.2) is 0 Å². The number of para-hydroxylation sites is 1. The van der Waals surface area contributed by atoms with Crippen molar-refractivity contribution >= 4 is 38.6 Å². The van der Waals surface area contributed by atoms with E-state index in [4.69, 9.17) is 0 Å². The average molecular weight is 574 g/mol. The van der Waals surface area contributed by atoms with Crippen molar-refractivity contribution in [2.45, 2.75) is 0 Å². The third-order valence-corrected chi connectivity index (χ3v) is 8.63. The molecule has 0 spiro atoms. The molecule has 45 heavy (non-hydrogen) atoms. The zero-order valence-corrected chi connectivity index (χ0v) is 24.8. The van der Waals surface area contributed by atoms with E-state index in [-0.39, 0.29) is 0 Å². The van der Waals surface area contributed by atoms with Crippen LogP contribution in [0.4, 0.5) is 17.1 Å². The minimum Gasteiger partial charge on any atom is -0.310 e. The van der Waals surface area contributed by atoms with Crippen molar-refractivity contribution in [2.75, 3.05) is 4.90 Å². The SMILES string of the molecule is c1ccc(-c2ccc(N(c3ccccc3)c3cccc(-c4cc5ccccc5c5cccc(-c6ccccc6)c45)c3)cc2)cc1. The maximum Gasteiger partial charge on any atom is 0.0467 e. The van der Waals surface area contributed by atoms with Crippen LogP contribution in [0.15, 0.2) is 188 Å². The Morgan fingerprint density at radius 3 is 1.58 bits per heavy atom. The van der Waals surface area contributed by atoms with Crippen molar-refractivity contribution in [1.82, 2.24) is 0 Å². The fraction of sp³-hybridized carbons (Fsp3) is 0. The summed E-state index contributed by atoms with van der Waals surface area (Å²) in [5.74, 6) is 0. The molecule has 1 nitrogen and oxygen atoms in total. The van der Waals surface area contributed by atoms with Crippen molar-refractivity contribution in [2.24, 2.45) is 0 Å². The molecule has 0 atom stereocenters. The summed E-state index contributed by atoms with van der Waals surface area (Å²) in [4.78, 5) is 2.35. The summed E-state index contributed by atoms with van der Waals surface area (Å²) in [5, 5.41) is 5.06. The molecule has 0 aliphatic heterocycles. The molecule has 8 aromatic rings. The molecule has 0 aromatic heterocycles. The second-order valence-corrected chi connectivity index (χ2v) is 11.4. The van der Waals surface area contributed by atoms with Gasteiger partial charge in [-0.15, -0.1) is 0 Å². The monoisotopic (exact) mass is 573 g/mol. The third-order valence-electron chi connectivity index (χ3n) is 8.63. The van der Waals surface area contributed by atoms with Crippen LogP contribution in [-0.2, 0) is 0 Å². The summed E-state index contributed by atoms with van der Waals surface area (Å²) in [5.41, 5.74) is 10.7. The molecule has 0 radical (unpaired) electrons. The van der Waals surface area contributed by atoms with E-state index in [0.29, 0.717) is 0 Å². The van der Waals surface area contributed by atoms with Crippen molar-refractivity contribution in [1.29, 1.82) is 0 Å². The van der Waals surface area contributed by atoms with Gasteiger partial charge in [0.1, 0.15) is 0 Å². The van der Waals surface area contributed by atoms with Gasteiger partial charge in [-0.2, -0.15) is 0 Å². The maximum absolute atomic E-state index is 2.37. The quantitative estimate of drug-likeness (QED) is 0.179. The Morgan fingerprint density at radius 2 is 0.822 bits per heavy atom. The van der Waals surface area contributed by atoms with E-state index >= 15 is 0 Å². The van der Waals surface area contributed by atoms with E-state index in [2.05, 4.69) is 193 Å². The zero-order chi connectivity index (χ0) is 30.0. The molecule has 0 bridgehead atoms. The lowest BCUT2D eigenvalue weighted by atomic mass is 9.88. The molecule has 0 heterocycles. The maximum atomic E-state index is 2.37. The van der Waals surface area contributed by atoms with E-state index in [9.17, 15) is 0 Å². The summed E-state index contributed by atoms with van der Waals surface area (Å²) in [6.07, 6.45) is 0.